The first-order chi connectivity index (χ1) is 13.4. The van der Waals surface area contributed by atoms with Gasteiger partial charge in [0, 0.05) is 31.6 Å². The third-order valence-corrected chi connectivity index (χ3v) is 8.75. The Labute approximate surface area is 174 Å². The van der Waals surface area contributed by atoms with E-state index in [1.807, 2.05) is 26.0 Å². The predicted octanol–water partition coefficient (Wildman–Crippen LogP) is 3.99. The van der Waals surface area contributed by atoms with Gasteiger partial charge in [0.2, 0.25) is 10.0 Å². The number of benzene rings is 1. The number of aryl methyl sites for hydroxylation is 2. The topological polar surface area (TPSA) is 53.5 Å². The molecule has 0 N–H and O–H groups in total. The van der Waals surface area contributed by atoms with Crippen LogP contribution in [0.4, 0.5) is 0 Å². The van der Waals surface area contributed by atoms with E-state index in [9.17, 15) is 8.42 Å². The fourth-order valence-electron chi connectivity index (χ4n) is 3.26. The Bertz CT molecular complexity index is 1050. The van der Waals surface area contributed by atoms with Crippen LogP contribution in [0.5, 0.6) is 0 Å². The molecule has 2 aromatic heterocycles. The molecular weight excluding hydrogens is 410 g/mol. The molecule has 5 nitrogen and oxygen atoms in total. The zero-order chi connectivity index (χ0) is 19.7. The highest BCUT2D eigenvalue weighted by Crippen LogP contribution is 2.27. The lowest BCUT2D eigenvalue weighted by Gasteiger charge is -2.33. The summed E-state index contributed by atoms with van der Waals surface area (Å²) in [7, 11) is -3.43. The highest BCUT2D eigenvalue weighted by atomic mass is 32.2. The standard InChI is InChI=1S/C20H23N3O2S3/c1-15-5-6-17(12-16(15)2)28(24,25)23-9-7-22(8-10-23)13-20-21-18(14-27-20)19-4-3-11-26-19/h3-6,11-12,14H,7-10,13H2,1-2H3. The van der Waals surface area contributed by atoms with Crippen molar-refractivity contribution < 1.29 is 8.42 Å². The SMILES string of the molecule is Cc1ccc(S(=O)(=O)N2CCN(Cc3nc(-c4cccs4)cs3)CC2)cc1C. The minimum absolute atomic E-state index is 0.393. The molecule has 0 spiro atoms. The fourth-order valence-corrected chi connectivity index (χ4v) is 6.37. The molecule has 148 valence electrons. The molecule has 8 heteroatoms. The van der Waals surface area contributed by atoms with Gasteiger partial charge in [-0.1, -0.05) is 12.1 Å². The molecule has 0 unspecified atom stereocenters. The lowest BCUT2D eigenvalue weighted by Crippen LogP contribution is -2.48. The van der Waals surface area contributed by atoms with Gasteiger partial charge in [0.15, 0.2) is 0 Å². The van der Waals surface area contributed by atoms with Crippen molar-refractivity contribution in [3.63, 3.8) is 0 Å². The number of rotatable bonds is 5. The normalized spacial score (nSPS) is 16.5. The summed E-state index contributed by atoms with van der Waals surface area (Å²) in [6.45, 7) is 7.18. The Morgan fingerprint density at radius 2 is 1.82 bits per heavy atom. The molecule has 1 aliphatic heterocycles. The van der Waals surface area contributed by atoms with E-state index in [1.54, 1.807) is 39.1 Å². The van der Waals surface area contributed by atoms with E-state index in [0.717, 1.165) is 41.5 Å². The van der Waals surface area contributed by atoms with Gasteiger partial charge >= 0.3 is 0 Å². The van der Waals surface area contributed by atoms with Gasteiger partial charge in [0.25, 0.3) is 0 Å². The number of thiophene rings is 1. The van der Waals surface area contributed by atoms with Crippen molar-refractivity contribution >= 4 is 32.7 Å². The van der Waals surface area contributed by atoms with Crippen LogP contribution in [0.3, 0.4) is 0 Å². The summed E-state index contributed by atoms with van der Waals surface area (Å²) in [5, 5.41) is 5.24. The van der Waals surface area contributed by atoms with Crippen LogP contribution in [0.2, 0.25) is 0 Å². The Balaban J connectivity index is 1.38. The van der Waals surface area contributed by atoms with Gasteiger partial charge in [-0.15, -0.1) is 22.7 Å². The maximum atomic E-state index is 12.9. The highest BCUT2D eigenvalue weighted by Gasteiger charge is 2.29. The molecule has 1 aromatic carbocycles. The Hall–Kier alpha value is -1.58. The van der Waals surface area contributed by atoms with E-state index in [-0.39, 0.29) is 0 Å². The second-order valence-corrected chi connectivity index (χ2v) is 10.9. The van der Waals surface area contributed by atoms with Crippen LogP contribution < -0.4 is 0 Å². The van der Waals surface area contributed by atoms with Crippen LogP contribution in [-0.4, -0.2) is 48.8 Å². The molecule has 0 aliphatic carbocycles. The molecule has 28 heavy (non-hydrogen) atoms. The third-order valence-electron chi connectivity index (χ3n) is 5.13. The minimum Gasteiger partial charge on any atom is -0.294 e. The van der Waals surface area contributed by atoms with Crippen molar-refractivity contribution in [1.29, 1.82) is 0 Å². The third kappa shape index (κ3) is 4.06. The molecule has 0 amide bonds. The van der Waals surface area contributed by atoms with E-state index < -0.39 is 10.0 Å². The summed E-state index contributed by atoms with van der Waals surface area (Å²) in [6, 6.07) is 9.49. The van der Waals surface area contributed by atoms with Gasteiger partial charge in [0.1, 0.15) is 5.01 Å². The summed E-state index contributed by atoms with van der Waals surface area (Å²) >= 11 is 3.36. The van der Waals surface area contributed by atoms with Crippen molar-refractivity contribution in [1.82, 2.24) is 14.2 Å². The molecule has 1 saturated heterocycles. The summed E-state index contributed by atoms with van der Waals surface area (Å²) in [5.74, 6) is 0. The van der Waals surface area contributed by atoms with Gasteiger partial charge in [-0.05, 0) is 48.6 Å². The second-order valence-electron chi connectivity index (χ2n) is 7.03. The van der Waals surface area contributed by atoms with Crippen LogP contribution in [0.25, 0.3) is 10.6 Å². The summed E-state index contributed by atoms with van der Waals surface area (Å²) in [5.41, 5.74) is 3.14. The summed E-state index contributed by atoms with van der Waals surface area (Å²) in [4.78, 5) is 8.60. The lowest BCUT2D eigenvalue weighted by molar-refractivity contribution is 0.181. The van der Waals surface area contributed by atoms with Crippen LogP contribution in [0.1, 0.15) is 16.1 Å². The monoisotopic (exact) mass is 433 g/mol. The van der Waals surface area contributed by atoms with Crippen molar-refractivity contribution in [2.75, 3.05) is 26.2 Å². The zero-order valence-corrected chi connectivity index (χ0v) is 18.4. The van der Waals surface area contributed by atoms with Crippen molar-refractivity contribution in [3.8, 4) is 10.6 Å². The number of thiazole rings is 1. The Kier molecular flexibility index (Phi) is 5.66. The van der Waals surface area contributed by atoms with E-state index in [0.29, 0.717) is 18.0 Å². The number of nitrogens with zero attached hydrogens (tertiary/aromatic N) is 3. The van der Waals surface area contributed by atoms with Crippen LogP contribution in [0.15, 0.2) is 46.0 Å². The van der Waals surface area contributed by atoms with E-state index in [1.165, 1.54) is 4.88 Å². The maximum Gasteiger partial charge on any atom is 0.243 e. The molecule has 0 saturated carbocycles. The first-order valence-electron chi connectivity index (χ1n) is 9.21. The first kappa shape index (κ1) is 19.7. The van der Waals surface area contributed by atoms with Crippen molar-refractivity contribution in [2.45, 2.75) is 25.3 Å². The number of hydrogen-bond donors (Lipinski definition) is 0. The smallest absolute Gasteiger partial charge is 0.243 e. The average Bonchev–Trinajstić information content (AvgIpc) is 3.36. The van der Waals surface area contributed by atoms with Crippen molar-refractivity contribution in [3.05, 3.63) is 57.2 Å². The van der Waals surface area contributed by atoms with Crippen LogP contribution >= 0.6 is 22.7 Å². The summed E-state index contributed by atoms with van der Waals surface area (Å²) in [6.07, 6.45) is 0. The number of aromatic nitrogens is 1. The second kappa shape index (κ2) is 8.04. The van der Waals surface area contributed by atoms with Crippen LogP contribution in [0, 0.1) is 13.8 Å². The minimum atomic E-state index is -3.43. The van der Waals surface area contributed by atoms with Crippen molar-refractivity contribution in [2.24, 2.45) is 0 Å². The van der Waals surface area contributed by atoms with Crippen LogP contribution in [-0.2, 0) is 16.6 Å². The number of hydrogen-bond acceptors (Lipinski definition) is 6. The number of sulfonamides is 1. The molecule has 0 atom stereocenters. The zero-order valence-electron chi connectivity index (χ0n) is 16.0. The molecule has 3 heterocycles. The van der Waals surface area contributed by atoms with Gasteiger partial charge in [-0.2, -0.15) is 4.31 Å². The van der Waals surface area contributed by atoms with Gasteiger partial charge in [-0.25, -0.2) is 13.4 Å². The molecule has 1 fully saturated rings. The summed E-state index contributed by atoms with van der Waals surface area (Å²) < 4.78 is 27.5. The fraction of sp³-hybridized carbons (Fsp3) is 0.350. The van der Waals surface area contributed by atoms with Gasteiger partial charge in [0.05, 0.1) is 22.0 Å². The maximum absolute atomic E-state index is 12.9. The number of piperazine rings is 1. The molecule has 0 radical (unpaired) electrons. The Morgan fingerprint density at radius 1 is 1.04 bits per heavy atom. The highest BCUT2D eigenvalue weighted by molar-refractivity contribution is 7.89. The first-order valence-corrected chi connectivity index (χ1v) is 12.4. The molecule has 4 rings (SSSR count). The molecule has 1 aliphatic rings. The predicted molar refractivity (Wildman–Crippen MR) is 115 cm³/mol. The van der Waals surface area contributed by atoms with E-state index >= 15 is 0 Å². The Morgan fingerprint density at radius 3 is 2.50 bits per heavy atom. The van der Waals surface area contributed by atoms with E-state index in [2.05, 4.69) is 21.7 Å². The molecule has 3 aromatic rings. The average molecular weight is 434 g/mol. The van der Waals surface area contributed by atoms with E-state index in [4.69, 9.17) is 4.98 Å². The van der Waals surface area contributed by atoms with Gasteiger partial charge in [-0.3, -0.25) is 4.90 Å². The molecule has 0 bridgehead atoms. The quantitative estimate of drug-likeness (QED) is 0.610. The molecular formula is C20H23N3O2S3. The largest absolute Gasteiger partial charge is 0.294 e. The van der Waals surface area contributed by atoms with Gasteiger partial charge < -0.3 is 0 Å². The lowest BCUT2D eigenvalue weighted by atomic mass is 10.1.